The van der Waals surface area contributed by atoms with Crippen molar-refractivity contribution in [2.75, 3.05) is 5.75 Å². The number of sulfone groups is 1. The maximum atomic E-state index is 14.5. The molecule has 1 aromatic heterocycles. The summed E-state index contributed by atoms with van der Waals surface area (Å²) in [7, 11) is -2.02. The number of aryl methyl sites for hydroxylation is 2. The van der Waals surface area contributed by atoms with E-state index in [9.17, 15) is 21.6 Å². The summed E-state index contributed by atoms with van der Waals surface area (Å²) >= 11 is 0. The number of halogens is 3. The van der Waals surface area contributed by atoms with Gasteiger partial charge in [-0.05, 0) is 31.5 Å². The highest BCUT2D eigenvalue weighted by Gasteiger charge is 2.25. The molecule has 0 radical (unpaired) electrons. The maximum absolute atomic E-state index is 14.5. The minimum Gasteiger partial charge on any atom is -0.331 e. The van der Waals surface area contributed by atoms with Crippen molar-refractivity contribution in [1.82, 2.24) is 9.55 Å². The fraction of sp³-hybridized carbons (Fsp3) is 0.278. The number of fused-ring (bicyclic) bond motifs is 1. The van der Waals surface area contributed by atoms with Crippen molar-refractivity contribution in [3.05, 3.63) is 47.0 Å². The van der Waals surface area contributed by atoms with Crippen molar-refractivity contribution in [1.29, 1.82) is 0 Å². The van der Waals surface area contributed by atoms with Crippen LogP contribution in [0.2, 0.25) is 0 Å². The van der Waals surface area contributed by atoms with Crippen LogP contribution in [0.5, 0.6) is 0 Å². The molecule has 0 saturated carbocycles. The van der Waals surface area contributed by atoms with Gasteiger partial charge in [-0.25, -0.2) is 26.6 Å². The Labute approximate surface area is 149 Å². The van der Waals surface area contributed by atoms with E-state index in [2.05, 4.69) is 4.98 Å². The van der Waals surface area contributed by atoms with E-state index in [1.165, 1.54) is 26.0 Å². The van der Waals surface area contributed by atoms with Gasteiger partial charge in [-0.1, -0.05) is 6.92 Å². The van der Waals surface area contributed by atoms with Gasteiger partial charge in [0.1, 0.15) is 11.6 Å². The first-order valence-electron chi connectivity index (χ1n) is 7.92. The molecule has 8 heteroatoms. The van der Waals surface area contributed by atoms with Gasteiger partial charge >= 0.3 is 0 Å². The normalized spacial score (nSPS) is 12.1. The largest absolute Gasteiger partial charge is 0.331 e. The molecule has 0 atom stereocenters. The average Bonchev–Trinajstić information content (AvgIpc) is 2.86. The first-order valence-corrected chi connectivity index (χ1v) is 9.58. The zero-order chi connectivity index (χ0) is 19.4. The smallest absolute Gasteiger partial charge is 0.178 e. The first-order chi connectivity index (χ1) is 12.1. The van der Waals surface area contributed by atoms with E-state index in [1.807, 2.05) is 0 Å². The molecule has 138 valence electrons. The van der Waals surface area contributed by atoms with Crippen molar-refractivity contribution in [3.8, 4) is 11.1 Å². The minimum atomic E-state index is -3.76. The van der Waals surface area contributed by atoms with Gasteiger partial charge in [0.2, 0.25) is 0 Å². The molecule has 0 saturated heterocycles. The lowest BCUT2D eigenvalue weighted by Gasteiger charge is -2.14. The lowest BCUT2D eigenvalue weighted by atomic mass is 9.98. The molecule has 0 bridgehead atoms. The summed E-state index contributed by atoms with van der Waals surface area (Å²) in [4.78, 5) is 4.19. The van der Waals surface area contributed by atoms with Crippen molar-refractivity contribution in [3.63, 3.8) is 0 Å². The van der Waals surface area contributed by atoms with Crippen LogP contribution in [0, 0.1) is 31.3 Å². The Bertz CT molecular complexity index is 1150. The van der Waals surface area contributed by atoms with Crippen LogP contribution < -0.4 is 0 Å². The van der Waals surface area contributed by atoms with Gasteiger partial charge in [0.15, 0.2) is 21.5 Å². The Balaban J connectivity index is 2.50. The van der Waals surface area contributed by atoms with Crippen LogP contribution in [0.4, 0.5) is 13.2 Å². The summed E-state index contributed by atoms with van der Waals surface area (Å²) in [6.45, 7) is 4.43. The van der Waals surface area contributed by atoms with Crippen LogP contribution >= 0.6 is 0 Å². The molecule has 0 amide bonds. The van der Waals surface area contributed by atoms with Crippen LogP contribution in [0.1, 0.15) is 18.3 Å². The van der Waals surface area contributed by atoms with E-state index in [1.54, 1.807) is 18.5 Å². The zero-order valence-electron chi connectivity index (χ0n) is 14.7. The fourth-order valence-corrected chi connectivity index (χ4v) is 4.09. The lowest BCUT2D eigenvalue weighted by molar-refractivity contribution is 0.490. The topological polar surface area (TPSA) is 52.0 Å². The Morgan fingerprint density at radius 2 is 1.73 bits per heavy atom. The second-order valence-corrected chi connectivity index (χ2v) is 8.36. The number of hydrogen-bond acceptors (Lipinski definition) is 3. The number of benzene rings is 2. The molecule has 26 heavy (non-hydrogen) atoms. The third-order valence-corrected chi connectivity index (χ3v) is 6.36. The number of aromatic nitrogens is 2. The molecule has 0 unspecified atom stereocenters. The number of rotatable bonds is 3. The fourth-order valence-electron chi connectivity index (χ4n) is 2.99. The van der Waals surface area contributed by atoms with E-state index in [-0.39, 0.29) is 27.3 Å². The van der Waals surface area contributed by atoms with Crippen LogP contribution in [-0.2, 0) is 16.9 Å². The number of hydrogen-bond donors (Lipinski definition) is 0. The summed E-state index contributed by atoms with van der Waals surface area (Å²) in [6.07, 6.45) is 0. The monoisotopic (exact) mass is 382 g/mol. The summed E-state index contributed by atoms with van der Waals surface area (Å²) in [5.41, 5.74) is 0.409. The van der Waals surface area contributed by atoms with Crippen LogP contribution in [0.15, 0.2) is 23.1 Å². The SMILES string of the molecule is CCS(=O)(=O)c1cc2c(cc1-c1c(F)cc(F)c(F)c1C)nc(C)n2C. The standard InChI is InChI=1S/C18H17F3N2O2S/c1-5-26(24,25)16-8-15-14(22-10(3)23(15)4)6-11(16)17-9(2)18(21)13(20)7-12(17)19/h6-8H,5H2,1-4H3. The van der Waals surface area contributed by atoms with Gasteiger partial charge in [-0.3, -0.25) is 0 Å². The van der Waals surface area contributed by atoms with Gasteiger partial charge < -0.3 is 4.57 Å². The highest BCUT2D eigenvalue weighted by atomic mass is 32.2. The predicted octanol–water partition coefficient (Wildman–Crippen LogP) is 4.07. The van der Waals surface area contributed by atoms with Crippen molar-refractivity contribution in [2.45, 2.75) is 25.7 Å². The second kappa shape index (κ2) is 6.12. The van der Waals surface area contributed by atoms with Gasteiger partial charge in [0, 0.05) is 24.2 Å². The van der Waals surface area contributed by atoms with Crippen LogP contribution in [-0.4, -0.2) is 23.7 Å². The predicted molar refractivity (Wildman–Crippen MR) is 93.2 cm³/mol. The maximum Gasteiger partial charge on any atom is 0.178 e. The highest BCUT2D eigenvalue weighted by Crippen LogP contribution is 2.37. The molecule has 0 spiro atoms. The Morgan fingerprint density at radius 3 is 2.35 bits per heavy atom. The molecule has 2 aromatic carbocycles. The van der Waals surface area contributed by atoms with E-state index >= 15 is 0 Å². The van der Waals surface area contributed by atoms with Gasteiger partial charge in [-0.2, -0.15) is 0 Å². The zero-order valence-corrected chi connectivity index (χ0v) is 15.5. The molecule has 0 aliphatic carbocycles. The molecule has 0 fully saturated rings. The van der Waals surface area contributed by atoms with Crippen molar-refractivity contribution < 1.29 is 21.6 Å². The molecular weight excluding hydrogens is 365 g/mol. The van der Waals surface area contributed by atoms with Crippen LogP contribution in [0.3, 0.4) is 0 Å². The number of imidazole rings is 1. The Morgan fingerprint density at radius 1 is 1.08 bits per heavy atom. The third-order valence-electron chi connectivity index (χ3n) is 4.60. The summed E-state index contributed by atoms with van der Waals surface area (Å²) in [6, 6.07) is 3.24. The average molecular weight is 382 g/mol. The molecular formula is C18H17F3N2O2S. The lowest BCUT2D eigenvalue weighted by Crippen LogP contribution is -2.08. The van der Waals surface area contributed by atoms with Gasteiger partial charge in [0.25, 0.3) is 0 Å². The summed E-state index contributed by atoms with van der Waals surface area (Å²) < 4.78 is 69.0. The van der Waals surface area contributed by atoms with Gasteiger partial charge in [-0.15, -0.1) is 0 Å². The third kappa shape index (κ3) is 2.68. The molecule has 3 aromatic rings. The first kappa shape index (κ1) is 18.4. The minimum absolute atomic E-state index is 0.0219. The highest BCUT2D eigenvalue weighted by molar-refractivity contribution is 7.91. The second-order valence-electron chi connectivity index (χ2n) is 6.11. The summed E-state index contributed by atoms with van der Waals surface area (Å²) in [5, 5.41) is 0. The van der Waals surface area contributed by atoms with Crippen molar-refractivity contribution >= 4 is 20.9 Å². The van der Waals surface area contributed by atoms with E-state index in [0.717, 1.165) is 0 Å². The van der Waals surface area contributed by atoms with E-state index in [0.29, 0.717) is 22.9 Å². The molecule has 3 rings (SSSR count). The van der Waals surface area contributed by atoms with E-state index in [4.69, 9.17) is 0 Å². The molecule has 0 aliphatic rings. The number of nitrogens with zero attached hydrogens (tertiary/aromatic N) is 2. The molecule has 1 heterocycles. The van der Waals surface area contributed by atoms with Crippen LogP contribution in [0.25, 0.3) is 22.2 Å². The quantitative estimate of drug-likeness (QED) is 0.642. The molecule has 0 N–H and O–H groups in total. The molecule has 0 aliphatic heterocycles. The molecule has 4 nitrogen and oxygen atoms in total. The Hall–Kier alpha value is -2.35. The Kier molecular flexibility index (Phi) is 4.34. The van der Waals surface area contributed by atoms with E-state index < -0.39 is 27.3 Å². The van der Waals surface area contributed by atoms with Gasteiger partial charge in [0.05, 0.1) is 21.7 Å². The summed E-state index contributed by atoms with van der Waals surface area (Å²) in [5.74, 6) is -3.13. The van der Waals surface area contributed by atoms with Crippen molar-refractivity contribution in [2.24, 2.45) is 7.05 Å².